The predicted octanol–water partition coefficient (Wildman–Crippen LogP) is 21.2. The van der Waals surface area contributed by atoms with Gasteiger partial charge in [-0.1, -0.05) is 226 Å². The Hall–Kier alpha value is -6.30. The number of rotatable bonds is 26. The quantitative estimate of drug-likeness (QED) is 0.0398. The van der Waals surface area contributed by atoms with Crippen molar-refractivity contribution in [2.45, 2.75) is 142 Å². The lowest BCUT2D eigenvalue weighted by atomic mass is 9.89. The fraction of sp³-hybridized carbons (Fsp3) is 0.343. The number of benzene rings is 7. The number of hydrogen-bond acceptors (Lipinski definition) is 4. The highest BCUT2D eigenvalue weighted by Crippen LogP contribution is 2.45. The molecule has 2 heterocycles. The molecule has 9 rings (SSSR count). The van der Waals surface area contributed by atoms with Crippen LogP contribution in [0.4, 0.5) is 0 Å². The van der Waals surface area contributed by atoms with E-state index in [4.69, 9.17) is 9.47 Å². The fourth-order valence-electron chi connectivity index (χ4n) is 10.3. The van der Waals surface area contributed by atoms with Crippen LogP contribution in [-0.2, 0) is 0 Å². The van der Waals surface area contributed by atoms with Crippen LogP contribution in [0.5, 0.6) is 11.5 Å². The molecule has 0 unspecified atom stereocenters. The summed E-state index contributed by atoms with van der Waals surface area (Å²) in [6, 6.07) is 52.2. The Bertz CT molecular complexity index is 3100. The monoisotopic (exact) mass is 1010 g/mol. The van der Waals surface area contributed by atoms with Crippen LogP contribution in [0.15, 0.2) is 146 Å². The van der Waals surface area contributed by atoms with E-state index in [1.165, 1.54) is 167 Å². The Morgan fingerprint density at radius 2 is 0.676 bits per heavy atom. The van der Waals surface area contributed by atoms with E-state index in [0.29, 0.717) is 0 Å². The molecule has 0 spiro atoms. The summed E-state index contributed by atoms with van der Waals surface area (Å²) in [6.45, 7) is 6.07. The number of unbranched alkanes of at least 4 members (excludes halogenated alkanes) is 18. The van der Waals surface area contributed by atoms with Crippen LogP contribution in [0, 0.1) is 23.7 Å². The molecule has 7 aromatic carbocycles. The lowest BCUT2D eigenvalue weighted by Crippen LogP contribution is -1.97. The van der Waals surface area contributed by atoms with Gasteiger partial charge in [0.05, 0.1) is 13.2 Å². The Labute approximate surface area is 450 Å². The van der Waals surface area contributed by atoms with Crippen LogP contribution in [-0.4, -0.2) is 13.2 Å². The molecule has 0 aliphatic rings. The van der Waals surface area contributed by atoms with Crippen molar-refractivity contribution in [1.82, 2.24) is 0 Å². The van der Waals surface area contributed by atoms with Crippen molar-refractivity contribution in [2.75, 3.05) is 13.2 Å². The van der Waals surface area contributed by atoms with Crippen molar-refractivity contribution in [2.24, 2.45) is 0 Å². The van der Waals surface area contributed by atoms with Crippen molar-refractivity contribution < 1.29 is 9.47 Å². The highest BCUT2D eigenvalue weighted by atomic mass is 32.1. The molecule has 0 radical (unpaired) electrons. The summed E-state index contributed by atoms with van der Waals surface area (Å²) in [6.07, 6.45) is 26.3. The molecule has 4 heteroatoms. The summed E-state index contributed by atoms with van der Waals surface area (Å²) in [4.78, 5) is 0. The molecule has 0 saturated heterocycles. The molecule has 0 saturated carbocycles. The number of fused-ring (bicyclic) bond motifs is 6. The average Bonchev–Trinajstić information content (AvgIpc) is 4.02. The molecule has 0 bridgehead atoms. The largest absolute Gasteiger partial charge is 0.494 e. The topological polar surface area (TPSA) is 18.5 Å². The van der Waals surface area contributed by atoms with Crippen LogP contribution in [0.25, 0.3) is 62.6 Å². The van der Waals surface area contributed by atoms with E-state index >= 15 is 0 Å². The van der Waals surface area contributed by atoms with E-state index in [0.717, 1.165) is 70.9 Å². The third-order valence-corrected chi connectivity index (χ3v) is 16.9. The summed E-state index contributed by atoms with van der Waals surface area (Å²) < 4.78 is 17.5. The summed E-state index contributed by atoms with van der Waals surface area (Å²) in [5, 5.41) is 5.08. The van der Waals surface area contributed by atoms with E-state index < -0.39 is 0 Å². The van der Waals surface area contributed by atoms with Gasteiger partial charge in [0.25, 0.3) is 0 Å². The minimum Gasteiger partial charge on any atom is -0.494 e. The van der Waals surface area contributed by atoms with E-state index in [9.17, 15) is 0 Å². The van der Waals surface area contributed by atoms with Gasteiger partial charge in [0, 0.05) is 84.9 Å². The second-order valence-electron chi connectivity index (χ2n) is 20.1. The van der Waals surface area contributed by atoms with Gasteiger partial charge in [-0.2, -0.15) is 0 Å². The zero-order valence-corrected chi connectivity index (χ0v) is 45.7. The van der Waals surface area contributed by atoms with Crippen LogP contribution in [0.2, 0.25) is 0 Å². The van der Waals surface area contributed by atoms with Crippen molar-refractivity contribution in [3.8, 4) is 57.4 Å². The van der Waals surface area contributed by atoms with Crippen LogP contribution in [0.3, 0.4) is 0 Å². The summed E-state index contributed by atoms with van der Waals surface area (Å²) >= 11 is 3.70. The third kappa shape index (κ3) is 14.1. The molecule has 9 aromatic rings. The smallest absolute Gasteiger partial charge is 0.119 e. The second kappa shape index (κ2) is 27.8. The first-order valence-electron chi connectivity index (χ1n) is 28.2. The second-order valence-corrected chi connectivity index (χ2v) is 22.2. The lowest BCUT2D eigenvalue weighted by Gasteiger charge is -2.14. The molecule has 0 fully saturated rings. The molecule has 378 valence electrons. The molecule has 0 N–H and O–H groups in total. The summed E-state index contributed by atoms with van der Waals surface area (Å²) in [5.41, 5.74) is 8.35. The highest BCUT2D eigenvalue weighted by Gasteiger charge is 2.19. The average molecular weight is 1010 g/mol. The Morgan fingerprint density at radius 3 is 1.07 bits per heavy atom. The van der Waals surface area contributed by atoms with Gasteiger partial charge >= 0.3 is 0 Å². The van der Waals surface area contributed by atoms with Gasteiger partial charge < -0.3 is 9.47 Å². The van der Waals surface area contributed by atoms with E-state index in [-0.39, 0.29) is 0 Å². The summed E-state index contributed by atoms with van der Waals surface area (Å²) in [5.74, 6) is 16.4. The summed E-state index contributed by atoms with van der Waals surface area (Å²) in [7, 11) is 0. The standard InChI is InChI=1S/C70H74O2S2/c1-3-5-7-9-11-13-15-17-19-25-49-71-57-45-39-53(40-46-57)37-43-55-51-66(64-34-28-32-62-60-30-22-24-36-68(60)74-70(62)64)56(52-65(55)63-33-27-31-61-59-29-21-23-35-67(59)73-69(61)63)44-38-54-41-47-58(48-42-54)72-50-26-20-18-16-14-12-10-8-6-4-2/h21-24,27-36,39-42,45-48,51-52H,3-20,25-26,49-50H2,1-2H3. The van der Waals surface area contributed by atoms with E-state index in [1.54, 1.807) is 0 Å². The number of thiophene rings is 2. The Kier molecular flexibility index (Phi) is 19.8. The van der Waals surface area contributed by atoms with E-state index in [1.807, 2.05) is 22.7 Å². The van der Waals surface area contributed by atoms with Gasteiger partial charge in [-0.25, -0.2) is 0 Å². The van der Waals surface area contributed by atoms with E-state index in [2.05, 4.69) is 183 Å². The van der Waals surface area contributed by atoms with Crippen molar-refractivity contribution in [3.63, 3.8) is 0 Å². The lowest BCUT2D eigenvalue weighted by molar-refractivity contribution is 0.304. The molecular weight excluding hydrogens is 937 g/mol. The van der Waals surface area contributed by atoms with Gasteiger partial charge in [-0.15, -0.1) is 22.7 Å². The maximum Gasteiger partial charge on any atom is 0.119 e. The number of ether oxygens (including phenoxy) is 2. The maximum atomic E-state index is 6.21. The zero-order valence-electron chi connectivity index (χ0n) is 44.0. The first-order valence-corrected chi connectivity index (χ1v) is 29.8. The minimum atomic E-state index is 0.748. The first kappa shape index (κ1) is 52.6. The number of hydrogen-bond donors (Lipinski definition) is 0. The Morgan fingerprint density at radius 1 is 0.324 bits per heavy atom. The zero-order chi connectivity index (χ0) is 50.6. The Balaban J connectivity index is 0.999. The third-order valence-electron chi connectivity index (χ3n) is 14.5. The normalized spacial score (nSPS) is 11.3. The SMILES string of the molecule is CCCCCCCCCCCCOc1ccc(C#Cc2cc(-c3cccc4c3sc3ccccc34)c(C#Cc3ccc(OCCCCCCCCCCCC)cc3)cc2-c2cccc3c2sc2ccccc23)cc1. The van der Waals surface area contributed by atoms with Gasteiger partial charge in [0.15, 0.2) is 0 Å². The predicted molar refractivity (Wildman–Crippen MR) is 323 cm³/mol. The van der Waals surface area contributed by atoms with Gasteiger partial charge in [0.2, 0.25) is 0 Å². The van der Waals surface area contributed by atoms with Crippen LogP contribution < -0.4 is 9.47 Å². The molecule has 0 aliphatic carbocycles. The van der Waals surface area contributed by atoms with Gasteiger partial charge in [-0.3, -0.25) is 0 Å². The molecule has 0 atom stereocenters. The fourth-order valence-corrected chi connectivity index (χ4v) is 12.7. The van der Waals surface area contributed by atoms with Crippen LogP contribution >= 0.6 is 22.7 Å². The van der Waals surface area contributed by atoms with Gasteiger partial charge in [-0.05, 0) is 85.6 Å². The highest BCUT2D eigenvalue weighted by molar-refractivity contribution is 7.26. The van der Waals surface area contributed by atoms with Gasteiger partial charge in [0.1, 0.15) is 11.5 Å². The maximum absolute atomic E-state index is 6.21. The molecule has 2 nitrogen and oxygen atoms in total. The molecule has 0 amide bonds. The molecule has 2 aromatic heterocycles. The minimum absolute atomic E-state index is 0.748. The van der Waals surface area contributed by atoms with Crippen molar-refractivity contribution >= 4 is 63.0 Å². The van der Waals surface area contributed by atoms with Crippen molar-refractivity contribution in [1.29, 1.82) is 0 Å². The molecular formula is C70H74O2S2. The van der Waals surface area contributed by atoms with Crippen molar-refractivity contribution in [3.05, 3.63) is 168 Å². The first-order chi connectivity index (χ1) is 36.7. The molecule has 74 heavy (non-hydrogen) atoms. The van der Waals surface area contributed by atoms with Crippen LogP contribution in [0.1, 0.15) is 165 Å². The molecule has 0 aliphatic heterocycles.